The van der Waals surface area contributed by atoms with Crippen molar-refractivity contribution in [1.29, 1.82) is 5.26 Å². The van der Waals surface area contributed by atoms with Gasteiger partial charge in [-0.2, -0.15) is 5.26 Å². The second kappa shape index (κ2) is 7.83. The van der Waals surface area contributed by atoms with Crippen molar-refractivity contribution in [2.45, 2.75) is 39.5 Å². The van der Waals surface area contributed by atoms with E-state index in [4.69, 9.17) is 4.42 Å². The lowest BCUT2D eigenvalue weighted by Gasteiger charge is -2.35. The summed E-state index contributed by atoms with van der Waals surface area (Å²) in [5.74, 6) is 0.227. The van der Waals surface area contributed by atoms with E-state index in [-0.39, 0.29) is 11.5 Å². The van der Waals surface area contributed by atoms with Gasteiger partial charge in [0.25, 0.3) is 5.91 Å². The molecular weight excluding hydrogens is 378 g/mol. The van der Waals surface area contributed by atoms with Gasteiger partial charge in [0.1, 0.15) is 11.3 Å². The number of carbonyl (C=O) groups is 1. The number of aromatic amines is 1. The Morgan fingerprint density at radius 2 is 2.13 bits per heavy atom. The van der Waals surface area contributed by atoms with Gasteiger partial charge in [-0.15, -0.1) is 0 Å². The summed E-state index contributed by atoms with van der Waals surface area (Å²) in [6, 6.07) is 12.2. The average Bonchev–Trinajstić information content (AvgIpc) is 3.15. The summed E-state index contributed by atoms with van der Waals surface area (Å²) in [6.07, 6.45) is 4.79. The van der Waals surface area contributed by atoms with Gasteiger partial charge in [-0.3, -0.25) is 4.79 Å². The third-order valence-electron chi connectivity index (χ3n) is 5.98. The van der Waals surface area contributed by atoms with Crippen LogP contribution < -0.4 is 5.63 Å². The summed E-state index contributed by atoms with van der Waals surface area (Å²) in [5.41, 5.74) is 1.77. The fraction of sp³-hybridized carbons (Fsp3) is 0.375. The quantitative estimate of drug-likeness (QED) is 0.713. The van der Waals surface area contributed by atoms with Crippen LogP contribution in [0.1, 0.15) is 47.0 Å². The molecule has 3 heterocycles. The highest BCUT2D eigenvalue weighted by Crippen LogP contribution is 2.29. The Morgan fingerprint density at radius 3 is 2.90 bits per heavy atom. The van der Waals surface area contributed by atoms with Crippen molar-refractivity contribution in [2.24, 2.45) is 5.41 Å². The number of nitrogens with zero attached hydrogens (tertiary/aromatic N) is 2. The van der Waals surface area contributed by atoms with Gasteiger partial charge in [0.2, 0.25) is 0 Å². The predicted octanol–water partition coefficient (Wildman–Crippen LogP) is 3.98. The van der Waals surface area contributed by atoms with E-state index in [1.165, 1.54) is 0 Å². The van der Waals surface area contributed by atoms with Crippen LogP contribution in [0, 0.1) is 23.7 Å². The standard InChI is InChI=1S/C24H25N3O3/c1-16-12-18(9-8-17-13-26-20-7-4-3-6-19(17)20)30-23(29)21(16)22(28)27-11-5-10-24(2,14-25)15-27/h3-4,6-7,12-13,26H,5,8-11,15H2,1-2H3. The number of rotatable bonds is 4. The summed E-state index contributed by atoms with van der Waals surface area (Å²) in [4.78, 5) is 30.5. The molecule has 1 atom stereocenters. The fourth-order valence-corrected chi connectivity index (χ4v) is 4.31. The molecule has 1 unspecified atom stereocenters. The third-order valence-corrected chi connectivity index (χ3v) is 5.98. The Hall–Kier alpha value is -3.33. The van der Waals surface area contributed by atoms with E-state index in [9.17, 15) is 14.9 Å². The second-order valence-electron chi connectivity index (χ2n) is 8.42. The number of hydrogen-bond acceptors (Lipinski definition) is 4. The monoisotopic (exact) mass is 403 g/mol. The highest BCUT2D eigenvalue weighted by atomic mass is 16.4. The maximum atomic E-state index is 13.0. The molecule has 0 saturated carbocycles. The normalized spacial score (nSPS) is 19.0. The molecule has 2 aromatic heterocycles. The Morgan fingerprint density at radius 1 is 1.33 bits per heavy atom. The molecule has 3 aromatic rings. The first-order valence-corrected chi connectivity index (χ1v) is 10.3. The summed E-state index contributed by atoms with van der Waals surface area (Å²) < 4.78 is 5.51. The molecule has 1 saturated heterocycles. The second-order valence-corrected chi connectivity index (χ2v) is 8.42. The summed E-state index contributed by atoms with van der Waals surface area (Å²) in [7, 11) is 0. The van der Waals surface area contributed by atoms with Crippen LogP contribution in [0.15, 0.2) is 45.7 Å². The number of aryl methyl sites for hydroxylation is 3. The van der Waals surface area contributed by atoms with Crippen molar-refractivity contribution in [3.05, 3.63) is 69.4 Å². The topological polar surface area (TPSA) is 90.1 Å². The molecular formula is C24H25N3O3. The van der Waals surface area contributed by atoms with E-state index in [0.29, 0.717) is 30.8 Å². The first-order chi connectivity index (χ1) is 14.4. The van der Waals surface area contributed by atoms with Crippen LogP contribution in [-0.4, -0.2) is 28.9 Å². The van der Waals surface area contributed by atoms with Gasteiger partial charge >= 0.3 is 5.63 Å². The Bertz CT molecular complexity index is 1200. The zero-order valence-corrected chi connectivity index (χ0v) is 17.3. The number of para-hydroxylation sites is 1. The number of piperidine rings is 1. The van der Waals surface area contributed by atoms with Crippen molar-refractivity contribution in [3.8, 4) is 6.07 Å². The molecule has 0 spiro atoms. The number of H-pyrrole nitrogens is 1. The molecule has 0 bridgehead atoms. The number of nitrogens with one attached hydrogen (secondary N) is 1. The van der Waals surface area contributed by atoms with E-state index in [1.54, 1.807) is 17.9 Å². The lowest BCUT2D eigenvalue weighted by Crippen LogP contribution is -2.45. The van der Waals surface area contributed by atoms with Gasteiger partial charge in [0, 0.05) is 36.6 Å². The minimum Gasteiger partial charge on any atom is -0.427 e. The number of nitriles is 1. The number of amides is 1. The van der Waals surface area contributed by atoms with Crippen LogP contribution in [0.2, 0.25) is 0 Å². The Labute approximate surface area is 175 Å². The number of hydrogen-bond donors (Lipinski definition) is 1. The Kier molecular flexibility index (Phi) is 5.21. The molecule has 1 aliphatic heterocycles. The summed E-state index contributed by atoms with van der Waals surface area (Å²) in [6.45, 7) is 4.52. The zero-order chi connectivity index (χ0) is 21.3. The lowest BCUT2D eigenvalue weighted by atomic mass is 9.83. The molecule has 1 aliphatic rings. The number of benzene rings is 1. The van der Waals surface area contributed by atoms with Crippen molar-refractivity contribution in [2.75, 3.05) is 13.1 Å². The molecule has 1 amide bonds. The van der Waals surface area contributed by atoms with Crippen LogP contribution in [0.4, 0.5) is 0 Å². The van der Waals surface area contributed by atoms with Gasteiger partial charge in [-0.1, -0.05) is 18.2 Å². The predicted molar refractivity (Wildman–Crippen MR) is 114 cm³/mol. The molecule has 1 aromatic carbocycles. The van der Waals surface area contributed by atoms with Crippen molar-refractivity contribution >= 4 is 16.8 Å². The summed E-state index contributed by atoms with van der Waals surface area (Å²) >= 11 is 0. The highest BCUT2D eigenvalue weighted by molar-refractivity contribution is 5.95. The number of carbonyl (C=O) groups excluding carboxylic acids is 1. The smallest absolute Gasteiger partial charge is 0.349 e. The number of fused-ring (bicyclic) bond motifs is 1. The molecule has 0 aliphatic carbocycles. The van der Waals surface area contributed by atoms with Gasteiger partial charge in [-0.25, -0.2) is 4.79 Å². The molecule has 1 fully saturated rings. The highest BCUT2D eigenvalue weighted by Gasteiger charge is 2.35. The van der Waals surface area contributed by atoms with Crippen LogP contribution in [0.25, 0.3) is 10.9 Å². The van der Waals surface area contributed by atoms with Crippen LogP contribution in [0.3, 0.4) is 0 Å². The maximum Gasteiger partial charge on any atom is 0.349 e. The zero-order valence-electron chi connectivity index (χ0n) is 17.3. The fourth-order valence-electron chi connectivity index (χ4n) is 4.31. The summed E-state index contributed by atoms with van der Waals surface area (Å²) in [5, 5.41) is 10.6. The van der Waals surface area contributed by atoms with E-state index in [0.717, 1.165) is 35.7 Å². The van der Waals surface area contributed by atoms with Gasteiger partial charge in [0.05, 0.1) is 11.5 Å². The first kappa shape index (κ1) is 20.0. The van der Waals surface area contributed by atoms with Gasteiger partial charge in [-0.05, 0) is 56.4 Å². The van der Waals surface area contributed by atoms with E-state index in [1.807, 2.05) is 31.3 Å². The Balaban J connectivity index is 1.53. The van der Waals surface area contributed by atoms with Crippen molar-refractivity contribution < 1.29 is 9.21 Å². The minimum atomic E-state index is -0.599. The SMILES string of the molecule is Cc1cc(CCc2c[nH]c3ccccc23)oc(=O)c1C(=O)N1CCCC(C)(C#N)C1. The molecule has 154 valence electrons. The van der Waals surface area contributed by atoms with E-state index in [2.05, 4.69) is 17.1 Å². The number of aromatic nitrogens is 1. The van der Waals surface area contributed by atoms with Crippen LogP contribution >= 0.6 is 0 Å². The maximum absolute atomic E-state index is 13.0. The van der Waals surface area contributed by atoms with Gasteiger partial charge < -0.3 is 14.3 Å². The van der Waals surface area contributed by atoms with Gasteiger partial charge in [0.15, 0.2) is 0 Å². The molecule has 4 rings (SSSR count). The molecule has 30 heavy (non-hydrogen) atoms. The molecule has 6 nitrogen and oxygen atoms in total. The molecule has 6 heteroatoms. The molecule has 0 radical (unpaired) electrons. The van der Waals surface area contributed by atoms with Crippen molar-refractivity contribution in [3.63, 3.8) is 0 Å². The lowest BCUT2D eigenvalue weighted by molar-refractivity contribution is 0.0624. The molecule has 1 N–H and O–H groups in total. The largest absolute Gasteiger partial charge is 0.427 e. The average molecular weight is 403 g/mol. The van der Waals surface area contributed by atoms with E-state index >= 15 is 0 Å². The first-order valence-electron chi connectivity index (χ1n) is 10.3. The van der Waals surface area contributed by atoms with E-state index < -0.39 is 11.0 Å². The number of likely N-dealkylation sites (tertiary alicyclic amines) is 1. The van der Waals surface area contributed by atoms with Crippen LogP contribution in [-0.2, 0) is 12.8 Å². The van der Waals surface area contributed by atoms with Crippen molar-refractivity contribution in [1.82, 2.24) is 9.88 Å². The van der Waals surface area contributed by atoms with Crippen LogP contribution in [0.5, 0.6) is 0 Å². The third kappa shape index (κ3) is 3.76. The minimum absolute atomic E-state index is 0.0769.